The minimum Gasteiger partial charge on any atom is -0.496 e. The highest BCUT2D eigenvalue weighted by Crippen LogP contribution is 2.42. The van der Waals surface area contributed by atoms with Crippen LogP contribution in [0.4, 0.5) is 28.8 Å². The molecule has 0 aliphatic carbocycles. The maximum Gasteiger partial charge on any atom is 0.234 e. The molecule has 2 amide bonds. The Hall–Kier alpha value is -5.35. The molecule has 16 nitrogen and oxygen atoms in total. The summed E-state index contributed by atoms with van der Waals surface area (Å²) in [6.07, 6.45) is 9.69. The first-order valence-electron chi connectivity index (χ1n) is 22.3. The maximum atomic E-state index is 13.5. The van der Waals surface area contributed by atoms with Gasteiger partial charge in [0, 0.05) is 100 Å². The predicted octanol–water partition coefficient (Wildman–Crippen LogP) is 7.07. The molecule has 18 heteroatoms. The fraction of sp³-hybridized carbons (Fsp3) is 0.447. The minimum atomic E-state index is -2.77. The van der Waals surface area contributed by atoms with E-state index in [0.717, 1.165) is 82.7 Å². The predicted molar refractivity (Wildman–Crippen MR) is 259 cm³/mol. The molecule has 3 aliphatic heterocycles. The second-order valence-corrected chi connectivity index (χ2v) is 21.1. The van der Waals surface area contributed by atoms with E-state index < -0.39 is 13.1 Å². The molecule has 3 saturated heterocycles. The number of fused-ring (bicyclic) bond motifs is 1. The number of amides is 2. The van der Waals surface area contributed by atoms with Gasteiger partial charge in [0.25, 0.3) is 0 Å². The molecule has 3 aliphatic rings. The largest absolute Gasteiger partial charge is 0.496 e. The Morgan fingerprint density at radius 3 is 2.37 bits per heavy atom. The Balaban J connectivity index is 0.827. The Morgan fingerprint density at radius 1 is 0.877 bits per heavy atom. The number of imide groups is 1. The van der Waals surface area contributed by atoms with Crippen LogP contribution in [0.1, 0.15) is 56.1 Å². The number of carbonyl (C=O) groups is 2. The van der Waals surface area contributed by atoms with E-state index in [1.807, 2.05) is 30.3 Å². The molecule has 3 N–H and O–H groups in total. The molecule has 1 atom stereocenters. The van der Waals surface area contributed by atoms with E-state index >= 15 is 0 Å². The number of benzene rings is 3. The number of piperazine rings is 1. The van der Waals surface area contributed by atoms with Crippen LogP contribution in [0.15, 0.2) is 65.5 Å². The van der Waals surface area contributed by atoms with Gasteiger partial charge in [0.05, 0.1) is 53.4 Å². The van der Waals surface area contributed by atoms with Crippen LogP contribution in [0.3, 0.4) is 0 Å². The van der Waals surface area contributed by atoms with Crippen LogP contribution in [0.2, 0.25) is 0 Å². The number of carbonyl (C=O) groups excluding carboxylic acids is 2. The van der Waals surface area contributed by atoms with Crippen LogP contribution >= 0.6 is 23.1 Å². The van der Waals surface area contributed by atoms with Crippen molar-refractivity contribution in [3.8, 4) is 17.2 Å². The summed E-state index contributed by atoms with van der Waals surface area (Å²) in [6, 6.07) is 14.2. The molecule has 0 saturated carbocycles. The van der Waals surface area contributed by atoms with E-state index in [1.54, 1.807) is 46.1 Å². The van der Waals surface area contributed by atoms with Gasteiger partial charge in [-0.25, -0.2) is 4.98 Å². The van der Waals surface area contributed by atoms with Crippen LogP contribution in [-0.2, 0) is 20.6 Å². The summed E-state index contributed by atoms with van der Waals surface area (Å²) in [4.78, 5) is 50.1. The lowest BCUT2D eigenvalue weighted by Gasteiger charge is -2.43. The zero-order chi connectivity index (χ0) is 45.7. The number of aromatic nitrogens is 4. The van der Waals surface area contributed by atoms with E-state index in [-0.39, 0.29) is 11.8 Å². The molecule has 0 radical (unpaired) electrons. The first kappa shape index (κ1) is 46.2. The van der Waals surface area contributed by atoms with Crippen molar-refractivity contribution >= 4 is 80.1 Å². The van der Waals surface area contributed by atoms with Crippen LogP contribution in [0.5, 0.6) is 17.2 Å². The van der Waals surface area contributed by atoms with Gasteiger partial charge >= 0.3 is 0 Å². The van der Waals surface area contributed by atoms with Gasteiger partial charge in [-0.3, -0.25) is 29.8 Å². The van der Waals surface area contributed by atoms with E-state index in [1.165, 1.54) is 11.3 Å². The van der Waals surface area contributed by atoms with E-state index in [9.17, 15) is 14.2 Å². The van der Waals surface area contributed by atoms with Crippen LogP contribution < -0.4 is 40.4 Å². The fourth-order valence-electron chi connectivity index (χ4n) is 9.25. The molecule has 5 aromatic rings. The molecule has 2 aromatic heterocycles. The Labute approximate surface area is 388 Å². The number of rotatable bonds is 16. The summed E-state index contributed by atoms with van der Waals surface area (Å²) in [5.74, 6) is 2.00. The molecule has 3 aromatic carbocycles. The van der Waals surface area contributed by atoms with Crippen LogP contribution in [0, 0.1) is 0 Å². The summed E-state index contributed by atoms with van der Waals surface area (Å²) in [7, 11) is 0.503. The number of methoxy groups -OCH3 is 2. The average molecular weight is 970 g/mol. The second kappa shape index (κ2) is 20.4. The summed E-state index contributed by atoms with van der Waals surface area (Å²) < 4.78 is 31.8. The van der Waals surface area contributed by atoms with Gasteiger partial charge in [0.1, 0.15) is 35.7 Å². The molecule has 8 rings (SSSR count). The van der Waals surface area contributed by atoms with Gasteiger partial charge in [-0.05, 0) is 91.2 Å². The number of nitrogens with zero attached hydrogens (tertiary/aromatic N) is 7. The molecule has 3 fully saturated rings. The quantitative estimate of drug-likeness (QED) is 0.0520. The van der Waals surface area contributed by atoms with Gasteiger partial charge in [-0.1, -0.05) is 13.0 Å². The first-order chi connectivity index (χ1) is 31.4. The highest BCUT2D eigenvalue weighted by molar-refractivity contribution is 9.10. The third-order valence-electron chi connectivity index (χ3n) is 12.6. The van der Waals surface area contributed by atoms with Gasteiger partial charge in [0.15, 0.2) is 0 Å². The molecule has 0 bridgehead atoms. The van der Waals surface area contributed by atoms with Crippen molar-refractivity contribution in [3.63, 3.8) is 0 Å². The number of aryl methyl sites for hydroxylation is 1. The highest BCUT2D eigenvalue weighted by Gasteiger charge is 2.31. The fourth-order valence-corrected chi connectivity index (χ4v) is 10.9. The van der Waals surface area contributed by atoms with E-state index in [2.05, 4.69) is 80.6 Å². The van der Waals surface area contributed by atoms with E-state index in [0.29, 0.717) is 81.0 Å². The third kappa shape index (κ3) is 10.7. The zero-order valence-electron chi connectivity index (χ0n) is 37.7. The van der Waals surface area contributed by atoms with Gasteiger partial charge in [-0.2, -0.15) is 4.98 Å². The van der Waals surface area contributed by atoms with Crippen molar-refractivity contribution in [2.75, 3.05) is 95.5 Å². The smallest absolute Gasteiger partial charge is 0.234 e. The monoisotopic (exact) mass is 968 g/mol. The molecule has 65 heavy (non-hydrogen) atoms. The molecule has 344 valence electrons. The Morgan fingerprint density at radius 2 is 1.65 bits per heavy atom. The van der Waals surface area contributed by atoms with Crippen LogP contribution in [-0.4, -0.2) is 128 Å². The summed E-state index contributed by atoms with van der Waals surface area (Å²) in [5.41, 5.74) is 5.88. The zero-order valence-corrected chi connectivity index (χ0v) is 40.2. The lowest BCUT2D eigenvalue weighted by molar-refractivity contribution is -0.134. The summed E-state index contributed by atoms with van der Waals surface area (Å²) in [5, 5.41) is 9.84. The number of nitrogens with one attached hydrogen (secondary N) is 3. The van der Waals surface area contributed by atoms with Crippen molar-refractivity contribution in [2.24, 2.45) is 0 Å². The second-order valence-electron chi connectivity index (χ2n) is 17.1. The van der Waals surface area contributed by atoms with E-state index in [4.69, 9.17) is 19.2 Å². The van der Waals surface area contributed by atoms with Crippen molar-refractivity contribution in [3.05, 3.63) is 76.7 Å². The molecular formula is C47H58BrN10O6P. The number of hydrogen-bond acceptors (Lipinski definition) is 15. The van der Waals surface area contributed by atoms with Gasteiger partial charge < -0.3 is 39.2 Å². The standard InChI is InChI=1S/C47H58BrN10O6P/c1-6-30-26-38(53-47-51-29-35(48)45(55-47)52-37-12-11-36-43(50-17-16-49-36)44(37)65(4,5)61)41(63-3)28-39(30)58-19-14-31(15-20-58)57-23-21-56(22-24-57)18-7-25-64-32-8-9-33(40(27-32)62-2)34-10-13-42(59)54-46(34)60/h8-9,11-12,16-17,26-29,31,34H,6-7,10,13-15,18-25H2,1-5H3,(H,54,59,60)(H2,51,52,53,55). The van der Waals surface area contributed by atoms with Crippen molar-refractivity contribution in [1.29, 1.82) is 0 Å². The van der Waals surface area contributed by atoms with Crippen molar-refractivity contribution in [1.82, 2.24) is 35.1 Å². The van der Waals surface area contributed by atoms with Gasteiger partial charge in [-0.15, -0.1) is 0 Å². The lowest BCUT2D eigenvalue weighted by Crippen LogP contribution is -2.53. The number of piperidine rings is 2. The normalized spacial score (nSPS) is 17.8. The molecular weight excluding hydrogens is 911 g/mol. The summed E-state index contributed by atoms with van der Waals surface area (Å²) >= 11 is 3.60. The minimum absolute atomic E-state index is 0.230. The number of anilines is 5. The van der Waals surface area contributed by atoms with Crippen LogP contribution in [0.25, 0.3) is 11.0 Å². The Kier molecular flexibility index (Phi) is 14.5. The maximum absolute atomic E-state index is 13.5. The first-order valence-corrected chi connectivity index (χ1v) is 25.7. The average Bonchev–Trinajstić information content (AvgIpc) is 3.31. The molecule has 0 spiro atoms. The van der Waals surface area contributed by atoms with Crippen molar-refractivity contribution < 1.29 is 28.4 Å². The topological polar surface area (TPSA) is 176 Å². The number of hydrogen-bond donors (Lipinski definition) is 3. The third-order valence-corrected chi connectivity index (χ3v) is 14.7. The summed E-state index contributed by atoms with van der Waals surface area (Å²) in [6.45, 7) is 13.3. The number of halogens is 1. The molecule has 1 unspecified atom stereocenters. The van der Waals surface area contributed by atoms with Gasteiger partial charge in [0.2, 0.25) is 17.8 Å². The van der Waals surface area contributed by atoms with Crippen molar-refractivity contribution in [2.45, 2.75) is 57.4 Å². The Bertz CT molecular complexity index is 2580. The highest BCUT2D eigenvalue weighted by atomic mass is 79.9. The lowest BCUT2D eigenvalue weighted by atomic mass is 9.90. The SMILES string of the molecule is CCc1cc(Nc2ncc(Br)c(Nc3ccc4nccnc4c3P(C)(C)=O)n2)c(OC)cc1N1CCC(N2CCN(CCCOc3ccc(C4CCC(=O)NC4=O)c(OC)c3)CC2)CC1. The molecule has 5 heterocycles. The number of ether oxygens (including phenoxy) is 3.